The first-order valence-corrected chi connectivity index (χ1v) is 5.69. The maximum absolute atomic E-state index is 2.41. The van der Waals surface area contributed by atoms with Crippen molar-refractivity contribution in [1.82, 2.24) is 0 Å². The van der Waals surface area contributed by atoms with E-state index in [0.29, 0.717) is 0 Å². The summed E-state index contributed by atoms with van der Waals surface area (Å²) in [6.07, 6.45) is 13.4. The average molecular weight is 178 g/mol. The molecule has 0 spiro atoms. The summed E-state index contributed by atoms with van der Waals surface area (Å²) >= 11 is 0. The van der Waals surface area contributed by atoms with Crippen LogP contribution >= 0.6 is 0 Å². The van der Waals surface area contributed by atoms with Crippen LogP contribution in [0.3, 0.4) is 0 Å². The van der Waals surface area contributed by atoms with Crippen molar-refractivity contribution in [2.45, 2.75) is 40.0 Å². The fraction of sp³-hybridized carbons (Fsp3) is 0.692. The minimum atomic E-state index is 0.865. The lowest BCUT2D eigenvalue weighted by molar-refractivity contribution is 0.309. The zero-order chi connectivity index (χ0) is 9.68. The van der Waals surface area contributed by atoms with E-state index in [9.17, 15) is 0 Å². The third-order valence-electron chi connectivity index (χ3n) is 3.16. The number of rotatable bonds is 0. The van der Waals surface area contributed by atoms with Crippen molar-refractivity contribution in [3.8, 4) is 0 Å². The molecule has 2 aliphatic carbocycles. The summed E-state index contributed by atoms with van der Waals surface area (Å²) in [6.45, 7) is 6.39. The van der Waals surface area contributed by atoms with E-state index in [1.54, 1.807) is 0 Å². The molecular formula is C13H22. The van der Waals surface area contributed by atoms with E-state index in [1.807, 2.05) is 13.8 Å². The van der Waals surface area contributed by atoms with Gasteiger partial charge in [-0.1, -0.05) is 45.1 Å². The summed E-state index contributed by atoms with van der Waals surface area (Å²) in [5.41, 5.74) is 0. The molecule has 0 aliphatic heterocycles. The van der Waals surface area contributed by atoms with Crippen molar-refractivity contribution in [1.29, 1.82) is 0 Å². The van der Waals surface area contributed by atoms with Gasteiger partial charge in [0.25, 0.3) is 0 Å². The van der Waals surface area contributed by atoms with Gasteiger partial charge in [0, 0.05) is 0 Å². The molecule has 0 amide bonds. The highest BCUT2D eigenvalue weighted by molar-refractivity contribution is 5.07. The Morgan fingerprint density at radius 1 is 0.923 bits per heavy atom. The molecule has 3 atom stereocenters. The van der Waals surface area contributed by atoms with Crippen molar-refractivity contribution in [2.75, 3.05) is 0 Å². The minimum Gasteiger partial charge on any atom is -0.0882 e. The van der Waals surface area contributed by atoms with Crippen LogP contribution in [0.5, 0.6) is 0 Å². The Morgan fingerprint density at radius 3 is 2.38 bits per heavy atom. The standard InChI is InChI=1S/C11H16.C2H6/c1-9-5-2-3-6-10-7-4-8-11(9)10;1-2/h2-4,7,9-11H,5-6,8H2,1H3;1-2H3. The molecule has 0 saturated heterocycles. The first kappa shape index (κ1) is 10.6. The maximum atomic E-state index is 2.41. The fourth-order valence-electron chi connectivity index (χ4n) is 2.37. The molecule has 0 fully saturated rings. The third-order valence-corrected chi connectivity index (χ3v) is 3.16. The van der Waals surface area contributed by atoms with Crippen LogP contribution in [0.25, 0.3) is 0 Å². The van der Waals surface area contributed by atoms with E-state index in [0.717, 1.165) is 17.8 Å². The molecule has 0 N–H and O–H groups in total. The second-order valence-corrected chi connectivity index (χ2v) is 3.91. The van der Waals surface area contributed by atoms with Crippen LogP contribution in [0.2, 0.25) is 0 Å². The van der Waals surface area contributed by atoms with Gasteiger partial charge in [0.2, 0.25) is 0 Å². The van der Waals surface area contributed by atoms with E-state index >= 15 is 0 Å². The van der Waals surface area contributed by atoms with Crippen molar-refractivity contribution in [2.24, 2.45) is 17.8 Å². The lowest BCUT2D eigenvalue weighted by Gasteiger charge is -2.21. The van der Waals surface area contributed by atoms with E-state index in [-0.39, 0.29) is 0 Å². The van der Waals surface area contributed by atoms with E-state index in [1.165, 1.54) is 19.3 Å². The Labute approximate surface area is 82.7 Å². The molecule has 2 rings (SSSR count). The molecule has 0 heterocycles. The molecule has 0 heteroatoms. The Balaban J connectivity index is 0.000000396. The second kappa shape index (κ2) is 5.26. The summed E-state index contributed by atoms with van der Waals surface area (Å²) in [6, 6.07) is 0. The number of allylic oxidation sites excluding steroid dienone is 4. The molecule has 0 bridgehead atoms. The van der Waals surface area contributed by atoms with Gasteiger partial charge in [0.05, 0.1) is 0 Å². The van der Waals surface area contributed by atoms with Gasteiger partial charge in [-0.25, -0.2) is 0 Å². The molecule has 74 valence electrons. The number of fused-ring (bicyclic) bond motifs is 1. The molecular weight excluding hydrogens is 156 g/mol. The number of hydrogen-bond donors (Lipinski definition) is 0. The summed E-state index contributed by atoms with van der Waals surface area (Å²) in [5, 5.41) is 0. The van der Waals surface area contributed by atoms with Crippen LogP contribution in [0, 0.1) is 17.8 Å². The normalized spacial score (nSPS) is 36.1. The highest BCUT2D eigenvalue weighted by Gasteiger charge is 2.27. The quantitative estimate of drug-likeness (QED) is 0.488. The summed E-state index contributed by atoms with van der Waals surface area (Å²) in [4.78, 5) is 0. The zero-order valence-corrected chi connectivity index (χ0v) is 9.16. The lowest BCUT2D eigenvalue weighted by atomic mass is 9.83. The van der Waals surface area contributed by atoms with Crippen molar-refractivity contribution in [3.05, 3.63) is 24.3 Å². The van der Waals surface area contributed by atoms with Gasteiger partial charge in [0.1, 0.15) is 0 Å². The van der Waals surface area contributed by atoms with Gasteiger partial charge < -0.3 is 0 Å². The van der Waals surface area contributed by atoms with E-state index in [4.69, 9.17) is 0 Å². The maximum Gasteiger partial charge on any atom is -0.0165 e. The van der Waals surface area contributed by atoms with Crippen molar-refractivity contribution >= 4 is 0 Å². The van der Waals surface area contributed by atoms with Crippen LogP contribution in [0.1, 0.15) is 40.0 Å². The summed E-state index contributed by atoms with van der Waals surface area (Å²) in [7, 11) is 0. The molecule has 2 aliphatic rings. The van der Waals surface area contributed by atoms with Crippen LogP contribution < -0.4 is 0 Å². The van der Waals surface area contributed by atoms with Crippen LogP contribution in [0.15, 0.2) is 24.3 Å². The van der Waals surface area contributed by atoms with E-state index in [2.05, 4.69) is 31.2 Å². The first-order valence-electron chi connectivity index (χ1n) is 5.69. The Bertz CT molecular complexity index is 188. The minimum absolute atomic E-state index is 0.865. The Morgan fingerprint density at radius 2 is 1.62 bits per heavy atom. The zero-order valence-electron chi connectivity index (χ0n) is 9.16. The molecule has 0 radical (unpaired) electrons. The predicted octanol–water partition coefficient (Wildman–Crippen LogP) is 4.19. The van der Waals surface area contributed by atoms with E-state index < -0.39 is 0 Å². The van der Waals surface area contributed by atoms with Crippen molar-refractivity contribution in [3.63, 3.8) is 0 Å². The van der Waals surface area contributed by atoms with Crippen molar-refractivity contribution < 1.29 is 0 Å². The molecule has 0 aromatic rings. The molecule has 3 unspecified atom stereocenters. The Kier molecular flexibility index (Phi) is 4.27. The van der Waals surface area contributed by atoms with Gasteiger partial charge in [-0.3, -0.25) is 0 Å². The van der Waals surface area contributed by atoms with Crippen LogP contribution in [-0.4, -0.2) is 0 Å². The van der Waals surface area contributed by atoms with Gasteiger partial charge >= 0.3 is 0 Å². The van der Waals surface area contributed by atoms with Crippen LogP contribution in [-0.2, 0) is 0 Å². The number of hydrogen-bond acceptors (Lipinski definition) is 0. The predicted molar refractivity (Wildman–Crippen MR) is 59.6 cm³/mol. The molecule has 0 aromatic heterocycles. The van der Waals surface area contributed by atoms with Crippen LogP contribution in [0.4, 0.5) is 0 Å². The molecule has 0 aromatic carbocycles. The van der Waals surface area contributed by atoms with Gasteiger partial charge in [-0.05, 0) is 37.0 Å². The molecule has 13 heavy (non-hydrogen) atoms. The SMILES string of the molecule is CC.CC1CC=CCC2C=CCC12. The highest BCUT2D eigenvalue weighted by atomic mass is 14.3. The van der Waals surface area contributed by atoms with Gasteiger partial charge in [0.15, 0.2) is 0 Å². The smallest absolute Gasteiger partial charge is 0.0165 e. The molecule has 0 saturated carbocycles. The summed E-state index contributed by atoms with van der Waals surface area (Å²) < 4.78 is 0. The largest absolute Gasteiger partial charge is 0.0882 e. The fourth-order valence-corrected chi connectivity index (χ4v) is 2.37. The highest BCUT2D eigenvalue weighted by Crippen LogP contribution is 2.37. The molecule has 0 nitrogen and oxygen atoms in total. The lowest BCUT2D eigenvalue weighted by Crippen LogP contribution is -2.14. The second-order valence-electron chi connectivity index (χ2n) is 3.91. The topological polar surface area (TPSA) is 0 Å². The Hall–Kier alpha value is -0.520. The third kappa shape index (κ3) is 2.46. The van der Waals surface area contributed by atoms with Gasteiger partial charge in [-0.15, -0.1) is 0 Å². The average Bonchev–Trinajstić information content (AvgIpc) is 2.57. The van der Waals surface area contributed by atoms with Gasteiger partial charge in [-0.2, -0.15) is 0 Å². The monoisotopic (exact) mass is 178 g/mol. The first-order chi connectivity index (χ1) is 6.38. The summed E-state index contributed by atoms with van der Waals surface area (Å²) in [5.74, 6) is 2.71.